The summed E-state index contributed by atoms with van der Waals surface area (Å²) in [5, 5.41) is 0. The van der Waals surface area contributed by atoms with Crippen molar-refractivity contribution in [1.29, 1.82) is 0 Å². The molecule has 2 atom stereocenters. The van der Waals surface area contributed by atoms with Crippen LogP contribution in [0.1, 0.15) is 56.4 Å². The largest absolute Gasteiger partial charge is 0.0879 e. The molecule has 0 bridgehead atoms. The summed E-state index contributed by atoms with van der Waals surface area (Å²) in [6.45, 7) is 0. The first-order valence-corrected chi connectivity index (χ1v) is 7.84. The number of rotatable bonds is 2. The number of hydrogen-bond donors (Lipinski definition) is 0. The molecular weight excluding hydrogens is 228 g/mol. The van der Waals surface area contributed by atoms with Gasteiger partial charge < -0.3 is 0 Å². The Labute approximate surface area is 117 Å². The maximum Gasteiger partial charge on any atom is -0.00233 e. The summed E-state index contributed by atoms with van der Waals surface area (Å²) >= 11 is 0. The highest BCUT2D eigenvalue weighted by Gasteiger charge is 2.20. The van der Waals surface area contributed by atoms with Crippen molar-refractivity contribution in [2.75, 3.05) is 0 Å². The maximum atomic E-state index is 2.54. The summed E-state index contributed by atoms with van der Waals surface area (Å²) in [6.07, 6.45) is 16.7. The van der Waals surface area contributed by atoms with Gasteiger partial charge >= 0.3 is 0 Å². The third kappa shape index (κ3) is 3.18. The van der Waals surface area contributed by atoms with Crippen molar-refractivity contribution in [2.24, 2.45) is 5.92 Å². The van der Waals surface area contributed by atoms with E-state index in [4.69, 9.17) is 0 Å². The zero-order valence-electron chi connectivity index (χ0n) is 11.7. The summed E-state index contributed by atoms with van der Waals surface area (Å²) in [5.41, 5.74) is 3.24. The van der Waals surface area contributed by atoms with Gasteiger partial charge in [0.1, 0.15) is 0 Å². The van der Waals surface area contributed by atoms with Gasteiger partial charge in [-0.25, -0.2) is 0 Å². The van der Waals surface area contributed by atoms with Gasteiger partial charge in [0.2, 0.25) is 0 Å². The molecular formula is C19H24. The van der Waals surface area contributed by atoms with Gasteiger partial charge in [0.15, 0.2) is 0 Å². The standard InChI is InChI=1S/C19H24/c1-2-5-9-16(8-4-1)18-12-14-19(15-13-18)17-10-6-3-7-11-17/h3-4,6-8,10-12,16,19H,1-2,5,9,13-15H2. The summed E-state index contributed by atoms with van der Waals surface area (Å²) < 4.78 is 0. The topological polar surface area (TPSA) is 0 Å². The molecule has 0 amide bonds. The van der Waals surface area contributed by atoms with Crippen molar-refractivity contribution in [3.05, 3.63) is 59.7 Å². The van der Waals surface area contributed by atoms with E-state index in [9.17, 15) is 0 Å². The molecule has 0 radical (unpaired) electrons. The zero-order chi connectivity index (χ0) is 12.9. The Bertz CT molecular complexity index is 452. The summed E-state index contributed by atoms with van der Waals surface area (Å²) in [5.74, 6) is 1.50. The second kappa shape index (κ2) is 6.23. The first-order chi connectivity index (χ1) is 9.43. The molecule has 0 heteroatoms. The van der Waals surface area contributed by atoms with Crippen LogP contribution in [0.25, 0.3) is 0 Å². The molecule has 0 fully saturated rings. The maximum absolute atomic E-state index is 2.54. The van der Waals surface area contributed by atoms with Crippen molar-refractivity contribution in [3.63, 3.8) is 0 Å². The molecule has 2 aliphatic carbocycles. The van der Waals surface area contributed by atoms with Crippen LogP contribution in [0.2, 0.25) is 0 Å². The van der Waals surface area contributed by atoms with Gasteiger partial charge in [0.05, 0.1) is 0 Å². The van der Waals surface area contributed by atoms with Crippen molar-refractivity contribution in [3.8, 4) is 0 Å². The third-order valence-electron chi connectivity index (χ3n) is 4.70. The lowest BCUT2D eigenvalue weighted by Gasteiger charge is -2.25. The molecule has 3 rings (SSSR count). The minimum atomic E-state index is 0.749. The quantitative estimate of drug-likeness (QED) is 0.599. The fraction of sp³-hybridized carbons (Fsp3) is 0.474. The Balaban J connectivity index is 1.66. The average Bonchev–Trinajstić information content (AvgIpc) is 2.77. The van der Waals surface area contributed by atoms with Crippen LogP contribution in [0.5, 0.6) is 0 Å². The van der Waals surface area contributed by atoms with Gasteiger partial charge in [-0.3, -0.25) is 0 Å². The van der Waals surface area contributed by atoms with Crippen LogP contribution in [0.3, 0.4) is 0 Å². The number of allylic oxidation sites excluding steroid dienone is 4. The predicted octanol–water partition coefficient (Wildman–Crippen LogP) is 5.63. The summed E-state index contributed by atoms with van der Waals surface area (Å²) in [6, 6.07) is 11.0. The molecule has 1 aromatic carbocycles. The van der Waals surface area contributed by atoms with Gasteiger partial charge in [-0.2, -0.15) is 0 Å². The molecule has 0 saturated carbocycles. The molecule has 0 heterocycles. The van der Waals surface area contributed by atoms with Crippen LogP contribution >= 0.6 is 0 Å². The smallest absolute Gasteiger partial charge is 0.00233 e. The molecule has 100 valence electrons. The van der Waals surface area contributed by atoms with Crippen LogP contribution in [0.4, 0.5) is 0 Å². The normalized spacial score (nSPS) is 27.7. The van der Waals surface area contributed by atoms with Crippen molar-refractivity contribution in [2.45, 2.75) is 50.9 Å². The van der Waals surface area contributed by atoms with Crippen LogP contribution in [0.15, 0.2) is 54.1 Å². The fourth-order valence-electron chi connectivity index (χ4n) is 3.51. The highest BCUT2D eigenvalue weighted by atomic mass is 14.3. The summed E-state index contributed by atoms with van der Waals surface area (Å²) in [7, 11) is 0. The lowest BCUT2D eigenvalue weighted by atomic mass is 9.80. The van der Waals surface area contributed by atoms with Gasteiger partial charge in [-0.1, -0.05) is 60.6 Å². The molecule has 1 aromatic rings. The second-order valence-electron chi connectivity index (χ2n) is 5.98. The highest BCUT2D eigenvalue weighted by molar-refractivity contribution is 5.25. The lowest BCUT2D eigenvalue weighted by molar-refractivity contribution is 0.535. The average molecular weight is 252 g/mol. The first kappa shape index (κ1) is 12.7. The van der Waals surface area contributed by atoms with Gasteiger partial charge in [-0.05, 0) is 55.9 Å². The van der Waals surface area contributed by atoms with E-state index in [1.54, 1.807) is 5.57 Å². The highest BCUT2D eigenvalue weighted by Crippen LogP contribution is 2.37. The molecule has 0 nitrogen and oxygen atoms in total. The zero-order valence-corrected chi connectivity index (χ0v) is 11.7. The molecule has 0 spiro atoms. The van der Waals surface area contributed by atoms with Gasteiger partial charge in [-0.15, -0.1) is 0 Å². The van der Waals surface area contributed by atoms with Crippen LogP contribution in [-0.4, -0.2) is 0 Å². The molecule has 19 heavy (non-hydrogen) atoms. The third-order valence-corrected chi connectivity index (χ3v) is 4.70. The van der Waals surface area contributed by atoms with Crippen LogP contribution in [0, 0.1) is 5.92 Å². The van der Waals surface area contributed by atoms with E-state index in [1.807, 2.05) is 0 Å². The Morgan fingerprint density at radius 2 is 1.84 bits per heavy atom. The molecule has 0 N–H and O–H groups in total. The van der Waals surface area contributed by atoms with E-state index in [1.165, 1.54) is 50.5 Å². The molecule has 2 unspecified atom stereocenters. The molecule has 0 saturated heterocycles. The Hall–Kier alpha value is -1.30. The minimum Gasteiger partial charge on any atom is -0.0879 e. The van der Waals surface area contributed by atoms with E-state index in [0.29, 0.717) is 0 Å². The van der Waals surface area contributed by atoms with Crippen molar-refractivity contribution < 1.29 is 0 Å². The lowest BCUT2D eigenvalue weighted by Crippen LogP contribution is -2.09. The van der Waals surface area contributed by atoms with Gasteiger partial charge in [0.25, 0.3) is 0 Å². The van der Waals surface area contributed by atoms with E-state index in [-0.39, 0.29) is 0 Å². The Morgan fingerprint density at radius 1 is 0.947 bits per heavy atom. The first-order valence-electron chi connectivity index (χ1n) is 7.84. The summed E-state index contributed by atoms with van der Waals surface area (Å²) in [4.78, 5) is 0. The van der Waals surface area contributed by atoms with E-state index in [0.717, 1.165) is 11.8 Å². The number of hydrogen-bond acceptors (Lipinski definition) is 0. The monoisotopic (exact) mass is 252 g/mol. The minimum absolute atomic E-state index is 0.749. The van der Waals surface area contributed by atoms with Crippen molar-refractivity contribution in [1.82, 2.24) is 0 Å². The fourth-order valence-corrected chi connectivity index (χ4v) is 3.51. The second-order valence-corrected chi connectivity index (χ2v) is 5.98. The van der Waals surface area contributed by atoms with Crippen LogP contribution < -0.4 is 0 Å². The Morgan fingerprint density at radius 3 is 2.63 bits per heavy atom. The number of benzene rings is 1. The van der Waals surface area contributed by atoms with E-state index < -0.39 is 0 Å². The van der Waals surface area contributed by atoms with E-state index >= 15 is 0 Å². The molecule has 0 aliphatic heterocycles. The van der Waals surface area contributed by atoms with E-state index in [2.05, 4.69) is 48.6 Å². The Kier molecular flexibility index (Phi) is 4.17. The van der Waals surface area contributed by atoms with Crippen molar-refractivity contribution >= 4 is 0 Å². The predicted molar refractivity (Wildman–Crippen MR) is 82.2 cm³/mol. The molecule has 0 aromatic heterocycles. The van der Waals surface area contributed by atoms with Gasteiger partial charge in [0, 0.05) is 0 Å². The molecule has 2 aliphatic rings. The SMILES string of the molecule is C1=CC(C2=CCC(c3ccccc3)CC2)CCCC1. The van der Waals surface area contributed by atoms with Crippen LogP contribution in [-0.2, 0) is 0 Å².